The van der Waals surface area contributed by atoms with Crippen LogP contribution in [0.2, 0.25) is 0 Å². The van der Waals surface area contributed by atoms with Gasteiger partial charge in [-0.2, -0.15) is 0 Å². The molecule has 2 heteroatoms. The predicted molar refractivity (Wildman–Crippen MR) is 53.4 cm³/mol. The van der Waals surface area contributed by atoms with E-state index >= 15 is 0 Å². The van der Waals surface area contributed by atoms with Crippen molar-refractivity contribution in [2.24, 2.45) is 11.1 Å². The largest absolute Gasteiger partial charge is 0.330 e. The summed E-state index contributed by atoms with van der Waals surface area (Å²) >= 11 is 1.87. The quantitative estimate of drug-likeness (QED) is 0.758. The molecule has 1 aromatic rings. The fourth-order valence-corrected chi connectivity index (χ4v) is 2.66. The van der Waals surface area contributed by atoms with Gasteiger partial charge in [-0.3, -0.25) is 0 Å². The van der Waals surface area contributed by atoms with Crippen LogP contribution >= 0.6 is 11.3 Å². The first-order valence-corrected chi connectivity index (χ1v) is 5.45. The van der Waals surface area contributed by atoms with E-state index in [1.807, 2.05) is 11.3 Å². The highest BCUT2D eigenvalue weighted by Gasteiger charge is 2.41. The van der Waals surface area contributed by atoms with Gasteiger partial charge in [0, 0.05) is 4.88 Å². The van der Waals surface area contributed by atoms with E-state index in [0.29, 0.717) is 5.41 Å². The zero-order valence-corrected chi connectivity index (χ0v) is 8.07. The highest BCUT2D eigenvalue weighted by Crippen LogP contribution is 2.51. The summed E-state index contributed by atoms with van der Waals surface area (Å²) in [5.74, 6) is 0. The second kappa shape index (κ2) is 3.19. The van der Waals surface area contributed by atoms with Gasteiger partial charge in [-0.05, 0) is 49.1 Å². The molecule has 12 heavy (non-hydrogen) atoms. The standard InChI is InChI=1S/C10H15NS/c11-6-5-10(3-4-10)8-9-2-1-7-12-9/h1-2,7H,3-6,8,11H2. The molecule has 0 bridgehead atoms. The minimum Gasteiger partial charge on any atom is -0.330 e. The molecule has 1 aliphatic rings. The minimum absolute atomic E-state index is 0.611. The second-order valence-corrected chi connectivity index (χ2v) is 4.83. The molecule has 1 fully saturated rings. The molecule has 0 saturated heterocycles. The maximum absolute atomic E-state index is 5.59. The van der Waals surface area contributed by atoms with Crippen LogP contribution < -0.4 is 5.73 Å². The average molecular weight is 181 g/mol. The molecule has 0 radical (unpaired) electrons. The van der Waals surface area contributed by atoms with Gasteiger partial charge >= 0.3 is 0 Å². The molecule has 1 nitrogen and oxygen atoms in total. The molecule has 0 unspecified atom stereocenters. The third-order valence-corrected chi connectivity index (χ3v) is 3.64. The van der Waals surface area contributed by atoms with Crippen LogP contribution in [-0.2, 0) is 6.42 Å². The lowest BCUT2D eigenvalue weighted by atomic mass is 9.97. The van der Waals surface area contributed by atoms with Crippen LogP contribution in [0.15, 0.2) is 17.5 Å². The molecule has 2 N–H and O–H groups in total. The van der Waals surface area contributed by atoms with Crippen LogP contribution in [0.5, 0.6) is 0 Å². The van der Waals surface area contributed by atoms with E-state index in [0.717, 1.165) is 6.54 Å². The lowest BCUT2D eigenvalue weighted by molar-refractivity contribution is 0.474. The third kappa shape index (κ3) is 1.70. The Morgan fingerprint density at radius 2 is 2.33 bits per heavy atom. The molecule has 1 heterocycles. The van der Waals surface area contributed by atoms with Crippen molar-refractivity contribution in [2.45, 2.75) is 25.7 Å². The van der Waals surface area contributed by atoms with Crippen molar-refractivity contribution in [2.75, 3.05) is 6.54 Å². The Morgan fingerprint density at radius 1 is 1.50 bits per heavy atom. The van der Waals surface area contributed by atoms with E-state index in [9.17, 15) is 0 Å². The van der Waals surface area contributed by atoms with Gasteiger partial charge in [-0.1, -0.05) is 6.07 Å². The van der Waals surface area contributed by atoms with Gasteiger partial charge in [0.1, 0.15) is 0 Å². The van der Waals surface area contributed by atoms with Crippen molar-refractivity contribution in [3.63, 3.8) is 0 Å². The van der Waals surface area contributed by atoms with Crippen LogP contribution in [-0.4, -0.2) is 6.54 Å². The molecule has 1 aromatic heterocycles. The van der Waals surface area contributed by atoms with Gasteiger partial charge in [-0.15, -0.1) is 11.3 Å². The fraction of sp³-hybridized carbons (Fsp3) is 0.600. The van der Waals surface area contributed by atoms with Crippen LogP contribution in [0.3, 0.4) is 0 Å². The maximum Gasteiger partial charge on any atom is 0.00507 e. The van der Waals surface area contributed by atoms with Gasteiger partial charge in [0.25, 0.3) is 0 Å². The lowest BCUT2D eigenvalue weighted by Crippen LogP contribution is -2.11. The van der Waals surface area contributed by atoms with Gasteiger partial charge in [-0.25, -0.2) is 0 Å². The van der Waals surface area contributed by atoms with E-state index in [4.69, 9.17) is 5.73 Å². The topological polar surface area (TPSA) is 26.0 Å². The fourth-order valence-electron chi connectivity index (χ4n) is 1.78. The number of hydrogen-bond donors (Lipinski definition) is 1. The SMILES string of the molecule is NCCC1(Cc2cccs2)CC1. The summed E-state index contributed by atoms with van der Waals surface area (Å²) in [6, 6.07) is 4.37. The Bertz CT molecular complexity index is 236. The monoisotopic (exact) mass is 181 g/mol. The minimum atomic E-state index is 0.611. The number of thiophene rings is 1. The first-order valence-electron chi connectivity index (χ1n) is 4.57. The smallest absolute Gasteiger partial charge is 0.00507 e. The number of hydrogen-bond acceptors (Lipinski definition) is 2. The number of rotatable bonds is 4. The van der Waals surface area contributed by atoms with Crippen molar-refractivity contribution in [3.05, 3.63) is 22.4 Å². The first kappa shape index (κ1) is 8.27. The summed E-state index contributed by atoms with van der Waals surface area (Å²) in [5.41, 5.74) is 6.20. The second-order valence-electron chi connectivity index (χ2n) is 3.79. The predicted octanol–water partition coefficient (Wildman–Crippen LogP) is 2.42. The Balaban J connectivity index is 1.94. The summed E-state index contributed by atoms with van der Waals surface area (Å²) in [4.78, 5) is 1.53. The van der Waals surface area contributed by atoms with Crippen molar-refractivity contribution in [3.8, 4) is 0 Å². The van der Waals surface area contributed by atoms with Crippen molar-refractivity contribution < 1.29 is 0 Å². The van der Waals surface area contributed by atoms with Crippen molar-refractivity contribution in [1.82, 2.24) is 0 Å². The van der Waals surface area contributed by atoms with Crippen molar-refractivity contribution >= 4 is 11.3 Å². The molecule has 1 aliphatic carbocycles. The highest BCUT2D eigenvalue weighted by atomic mass is 32.1. The Labute approximate surface area is 77.6 Å². The van der Waals surface area contributed by atoms with Crippen molar-refractivity contribution in [1.29, 1.82) is 0 Å². The summed E-state index contributed by atoms with van der Waals surface area (Å²) in [5, 5.41) is 2.16. The molecule has 66 valence electrons. The third-order valence-electron chi connectivity index (χ3n) is 2.76. The average Bonchev–Trinajstić information content (AvgIpc) is 2.63. The Hall–Kier alpha value is -0.340. The zero-order valence-electron chi connectivity index (χ0n) is 7.25. The van der Waals surface area contributed by atoms with E-state index in [1.165, 1.54) is 30.6 Å². The number of nitrogens with two attached hydrogens (primary N) is 1. The van der Waals surface area contributed by atoms with Gasteiger partial charge < -0.3 is 5.73 Å². The highest BCUT2D eigenvalue weighted by molar-refractivity contribution is 7.09. The van der Waals surface area contributed by atoms with Crippen LogP contribution in [0.1, 0.15) is 24.1 Å². The Morgan fingerprint density at radius 3 is 2.83 bits per heavy atom. The summed E-state index contributed by atoms with van der Waals surface area (Å²) in [6.07, 6.45) is 5.26. The maximum atomic E-state index is 5.59. The molecule has 0 amide bonds. The first-order chi connectivity index (χ1) is 5.85. The molecule has 2 rings (SSSR count). The molecule has 1 saturated carbocycles. The van der Waals surface area contributed by atoms with E-state index in [1.54, 1.807) is 0 Å². The van der Waals surface area contributed by atoms with E-state index in [2.05, 4.69) is 17.5 Å². The Kier molecular flexibility index (Phi) is 2.20. The molecule has 0 aromatic carbocycles. The van der Waals surface area contributed by atoms with Crippen LogP contribution in [0, 0.1) is 5.41 Å². The van der Waals surface area contributed by atoms with E-state index < -0.39 is 0 Å². The molecular weight excluding hydrogens is 166 g/mol. The van der Waals surface area contributed by atoms with Crippen LogP contribution in [0.4, 0.5) is 0 Å². The lowest BCUT2D eigenvalue weighted by Gasteiger charge is -2.11. The molecular formula is C10H15NS. The van der Waals surface area contributed by atoms with Crippen LogP contribution in [0.25, 0.3) is 0 Å². The molecule has 0 atom stereocenters. The summed E-state index contributed by atoms with van der Waals surface area (Å²) in [6.45, 7) is 0.853. The summed E-state index contributed by atoms with van der Waals surface area (Å²) in [7, 11) is 0. The zero-order chi connectivity index (χ0) is 8.44. The molecule has 0 aliphatic heterocycles. The van der Waals surface area contributed by atoms with Gasteiger partial charge in [0.2, 0.25) is 0 Å². The van der Waals surface area contributed by atoms with Gasteiger partial charge in [0.05, 0.1) is 0 Å². The normalized spacial score (nSPS) is 19.4. The van der Waals surface area contributed by atoms with E-state index in [-0.39, 0.29) is 0 Å². The summed E-state index contributed by atoms with van der Waals surface area (Å²) < 4.78 is 0. The van der Waals surface area contributed by atoms with Gasteiger partial charge in [0.15, 0.2) is 0 Å². The molecule has 0 spiro atoms.